The zero-order valence-electron chi connectivity index (χ0n) is 14.9. The molecule has 144 valence electrons. The lowest BCUT2D eigenvalue weighted by Crippen LogP contribution is -2.41. The highest BCUT2D eigenvalue weighted by Crippen LogP contribution is 2.22. The molecule has 1 heterocycles. The lowest BCUT2D eigenvalue weighted by molar-refractivity contribution is -0.137. The van der Waals surface area contributed by atoms with E-state index in [4.69, 9.17) is 9.84 Å². The molecule has 2 rings (SSSR count). The minimum atomic E-state index is -3.70. The third-order valence-electron chi connectivity index (χ3n) is 4.21. The van der Waals surface area contributed by atoms with Crippen molar-refractivity contribution in [2.45, 2.75) is 37.6 Å². The van der Waals surface area contributed by atoms with E-state index in [1.165, 1.54) is 10.4 Å². The fraction of sp³-hybridized carbons (Fsp3) is 0.529. The molecule has 0 spiro atoms. The number of carboxylic acid groups (broad SMARTS) is 1. The van der Waals surface area contributed by atoms with Crippen molar-refractivity contribution in [3.63, 3.8) is 0 Å². The summed E-state index contributed by atoms with van der Waals surface area (Å²) in [5, 5.41) is 11.4. The Morgan fingerprint density at radius 3 is 2.58 bits per heavy atom. The quantitative estimate of drug-likeness (QED) is 0.725. The van der Waals surface area contributed by atoms with Gasteiger partial charge in [0.15, 0.2) is 0 Å². The van der Waals surface area contributed by atoms with E-state index in [0.29, 0.717) is 25.2 Å². The van der Waals surface area contributed by atoms with Crippen molar-refractivity contribution in [3.05, 3.63) is 29.3 Å². The van der Waals surface area contributed by atoms with Crippen molar-refractivity contribution >= 4 is 21.9 Å². The summed E-state index contributed by atoms with van der Waals surface area (Å²) < 4.78 is 32.3. The van der Waals surface area contributed by atoms with E-state index >= 15 is 0 Å². The Morgan fingerprint density at radius 2 is 1.96 bits per heavy atom. The average Bonchev–Trinajstić information content (AvgIpc) is 2.60. The normalized spacial score (nSPS) is 16.8. The predicted octanol–water partition coefficient (Wildman–Crippen LogP) is 0.999. The van der Waals surface area contributed by atoms with Crippen molar-refractivity contribution in [2.75, 3.05) is 26.3 Å². The van der Waals surface area contributed by atoms with Crippen LogP contribution < -0.4 is 5.32 Å². The number of morpholine rings is 1. The second-order valence-electron chi connectivity index (χ2n) is 6.30. The number of carbonyl (C=O) groups is 2. The molecule has 9 heteroatoms. The third-order valence-corrected chi connectivity index (χ3v) is 6.25. The van der Waals surface area contributed by atoms with Gasteiger partial charge in [0.1, 0.15) is 0 Å². The van der Waals surface area contributed by atoms with E-state index in [9.17, 15) is 18.0 Å². The first-order chi connectivity index (χ1) is 12.2. The van der Waals surface area contributed by atoms with Gasteiger partial charge in [0.25, 0.3) is 5.91 Å². The summed E-state index contributed by atoms with van der Waals surface area (Å²) >= 11 is 0. The molecule has 0 radical (unpaired) electrons. The largest absolute Gasteiger partial charge is 0.481 e. The first-order valence-corrected chi connectivity index (χ1v) is 9.87. The summed E-state index contributed by atoms with van der Waals surface area (Å²) in [7, 11) is -3.70. The number of nitrogens with one attached hydrogen (secondary N) is 1. The van der Waals surface area contributed by atoms with Gasteiger partial charge in [-0.3, -0.25) is 9.59 Å². The monoisotopic (exact) mass is 384 g/mol. The van der Waals surface area contributed by atoms with E-state index in [0.717, 1.165) is 0 Å². The summed E-state index contributed by atoms with van der Waals surface area (Å²) in [6, 6.07) is 4.20. The first kappa shape index (κ1) is 20.3. The molecular weight excluding hydrogens is 360 g/mol. The maximum Gasteiger partial charge on any atom is 0.303 e. The highest BCUT2D eigenvalue weighted by molar-refractivity contribution is 7.89. The van der Waals surface area contributed by atoms with E-state index in [2.05, 4.69) is 5.32 Å². The Bertz CT molecular complexity index is 771. The Balaban J connectivity index is 2.18. The minimum Gasteiger partial charge on any atom is -0.481 e. The van der Waals surface area contributed by atoms with Gasteiger partial charge in [-0.2, -0.15) is 4.31 Å². The van der Waals surface area contributed by atoms with Crippen LogP contribution >= 0.6 is 0 Å². The summed E-state index contributed by atoms with van der Waals surface area (Å²) in [6.07, 6.45) is 0.248. The van der Waals surface area contributed by atoms with Crippen molar-refractivity contribution < 1.29 is 27.9 Å². The number of carboxylic acids is 1. The number of aliphatic carboxylic acids is 1. The molecule has 1 aliphatic rings. The number of sulfonamides is 1. The standard InChI is InChI=1S/C17H24N2O6S/c1-12-3-5-14(17(22)18-13(2)4-6-16(20)21)11-15(12)26(23,24)19-7-9-25-10-8-19/h3,5,11,13H,4,6-10H2,1-2H3,(H,18,22)(H,20,21). The molecule has 1 fully saturated rings. The van der Waals surface area contributed by atoms with Crippen LogP contribution in [-0.4, -0.2) is 62.1 Å². The van der Waals surface area contributed by atoms with Crippen LogP contribution in [0.1, 0.15) is 35.7 Å². The van der Waals surface area contributed by atoms with Crippen molar-refractivity contribution in [1.82, 2.24) is 9.62 Å². The topological polar surface area (TPSA) is 113 Å². The van der Waals surface area contributed by atoms with Crippen molar-refractivity contribution in [3.8, 4) is 0 Å². The number of nitrogens with zero attached hydrogens (tertiary/aromatic N) is 1. The molecule has 0 aliphatic carbocycles. The SMILES string of the molecule is Cc1ccc(C(=O)NC(C)CCC(=O)O)cc1S(=O)(=O)N1CCOCC1. The smallest absolute Gasteiger partial charge is 0.303 e. The summed E-state index contributed by atoms with van der Waals surface area (Å²) in [5.74, 6) is -1.36. The van der Waals surface area contributed by atoms with Crippen LogP contribution in [0.5, 0.6) is 0 Å². The fourth-order valence-corrected chi connectivity index (χ4v) is 4.32. The zero-order valence-corrected chi connectivity index (χ0v) is 15.7. The molecule has 1 amide bonds. The van der Waals surface area contributed by atoms with Crippen LogP contribution in [0.25, 0.3) is 0 Å². The van der Waals surface area contributed by atoms with Crippen LogP contribution in [0.3, 0.4) is 0 Å². The molecule has 1 unspecified atom stereocenters. The molecule has 0 aromatic heterocycles. The molecule has 1 aromatic rings. The maximum atomic E-state index is 12.9. The average molecular weight is 384 g/mol. The van der Waals surface area contributed by atoms with E-state index < -0.39 is 21.9 Å². The number of carbonyl (C=O) groups excluding carboxylic acids is 1. The van der Waals surface area contributed by atoms with Crippen molar-refractivity contribution in [2.24, 2.45) is 0 Å². The molecule has 0 bridgehead atoms. The molecular formula is C17H24N2O6S. The number of amides is 1. The van der Waals surface area contributed by atoms with Gasteiger partial charge in [-0.25, -0.2) is 8.42 Å². The number of hydrogen-bond donors (Lipinski definition) is 2. The maximum absolute atomic E-state index is 12.9. The van der Waals surface area contributed by atoms with E-state index in [1.54, 1.807) is 26.0 Å². The number of hydrogen-bond acceptors (Lipinski definition) is 5. The lowest BCUT2D eigenvalue weighted by Gasteiger charge is -2.26. The fourth-order valence-electron chi connectivity index (χ4n) is 2.66. The van der Waals surface area contributed by atoms with Crippen LogP contribution in [0.15, 0.2) is 23.1 Å². The molecule has 0 saturated carbocycles. The highest BCUT2D eigenvalue weighted by Gasteiger charge is 2.28. The molecule has 1 aromatic carbocycles. The summed E-state index contributed by atoms with van der Waals surface area (Å²) in [4.78, 5) is 23.1. The van der Waals surface area contributed by atoms with Gasteiger partial charge in [-0.15, -0.1) is 0 Å². The highest BCUT2D eigenvalue weighted by atomic mass is 32.2. The second kappa shape index (κ2) is 8.61. The zero-order chi connectivity index (χ0) is 19.3. The number of ether oxygens (including phenoxy) is 1. The van der Waals surface area contributed by atoms with Crippen molar-refractivity contribution in [1.29, 1.82) is 0 Å². The molecule has 26 heavy (non-hydrogen) atoms. The second-order valence-corrected chi connectivity index (χ2v) is 8.21. The summed E-state index contributed by atoms with van der Waals surface area (Å²) in [6.45, 7) is 4.65. The Labute approximate surface area is 153 Å². The number of aryl methyl sites for hydroxylation is 1. The van der Waals surface area contributed by atoms with Crippen LogP contribution in [0, 0.1) is 6.92 Å². The third kappa shape index (κ3) is 5.03. The van der Waals surface area contributed by atoms with Gasteiger partial charge in [-0.1, -0.05) is 6.07 Å². The minimum absolute atomic E-state index is 0.0496. The molecule has 2 N–H and O–H groups in total. The van der Waals surface area contributed by atoms with Gasteiger partial charge >= 0.3 is 5.97 Å². The van der Waals surface area contributed by atoms with Gasteiger partial charge in [-0.05, 0) is 38.0 Å². The molecule has 1 aliphatic heterocycles. The van der Waals surface area contributed by atoms with Crippen LogP contribution in [0.2, 0.25) is 0 Å². The number of benzene rings is 1. The van der Waals surface area contributed by atoms with Gasteiger partial charge in [0.05, 0.1) is 18.1 Å². The van der Waals surface area contributed by atoms with Crippen LogP contribution in [-0.2, 0) is 19.6 Å². The van der Waals surface area contributed by atoms with E-state index in [1.807, 2.05) is 0 Å². The molecule has 8 nitrogen and oxygen atoms in total. The lowest BCUT2D eigenvalue weighted by atomic mass is 10.1. The number of rotatable bonds is 7. The van der Waals surface area contributed by atoms with Gasteiger partial charge in [0.2, 0.25) is 10.0 Å². The Kier molecular flexibility index (Phi) is 6.74. The predicted molar refractivity (Wildman–Crippen MR) is 94.6 cm³/mol. The Morgan fingerprint density at radius 1 is 1.31 bits per heavy atom. The van der Waals surface area contributed by atoms with E-state index in [-0.39, 0.29) is 36.0 Å². The van der Waals surface area contributed by atoms with Crippen LogP contribution in [0.4, 0.5) is 0 Å². The first-order valence-electron chi connectivity index (χ1n) is 8.43. The van der Waals surface area contributed by atoms with Gasteiger partial charge < -0.3 is 15.2 Å². The summed E-state index contributed by atoms with van der Waals surface area (Å²) in [5.41, 5.74) is 0.788. The molecule has 1 atom stereocenters. The molecule has 1 saturated heterocycles. The van der Waals surface area contributed by atoms with Gasteiger partial charge in [0, 0.05) is 31.1 Å². The Hall–Kier alpha value is -1.97.